The third kappa shape index (κ3) is 5.50. The van der Waals surface area contributed by atoms with Crippen molar-refractivity contribution in [3.05, 3.63) is 35.4 Å². The van der Waals surface area contributed by atoms with Crippen LogP contribution >= 0.6 is 0 Å². The van der Waals surface area contributed by atoms with Gasteiger partial charge in [-0.15, -0.1) is 0 Å². The van der Waals surface area contributed by atoms with E-state index >= 15 is 0 Å². The van der Waals surface area contributed by atoms with Crippen LogP contribution in [0.3, 0.4) is 0 Å². The molecule has 0 aromatic heterocycles. The Kier molecular flexibility index (Phi) is 7.22. The number of carbonyl (C=O) groups is 1. The van der Waals surface area contributed by atoms with Gasteiger partial charge in [0.15, 0.2) is 0 Å². The highest BCUT2D eigenvalue weighted by atomic mass is 16.4. The first-order valence-electron chi connectivity index (χ1n) is 5.77. The molecule has 0 bridgehead atoms. The molecule has 1 unspecified atom stereocenters. The third-order valence-corrected chi connectivity index (χ3v) is 2.49. The Labute approximate surface area is 103 Å². The van der Waals surface area contributed by atoms with Gasteiger partial charge in [0.05, 0.1) is 5.92 Å². The maximum Gasteiger partial charge on any atom is 0.310 e. The van der Waals surface area contributed by atoms with Crippen LogP contribution in [-0.2, 0) is 11.2 Å². The normalized spacial score (nSPS) is 11.6. The summed E-state index contributed by atoms with van der Waals surface area (Å²) in [4.78, 5) is 10.8. The van der Waals surface area contributed by atoms with Crippen molar-refractivity contribution in [1.29, 1.82) is 0 Å². The zero-order valence-electron chi connectivity index (χ0n) is 11.0. The molecule has 0 radical (unpaired) electrons. The van der Waals surface area contributed by atoms with E-state index in [4.69, 9.17) is 10.2 Å². The minimum Gasteiger partial charge on any atom is -0.481 e. The van der Waals surface area contributed by atoms with Crippen molar-refractivity contribution >= 4 is 5.97 Å². The molecule has 0 aliphatic heterocycles. The second-order valence-corrected chi connectivity index (χ2v) is 4.40. The molecule has 1 rings (SSSR count). The number of aliphatic carboxylic acids is 1. The Morgan fingerprint density at radius 1 is 1.12 bits per heavy atom. The van der Waals surface area contributed by atoms with E-state index in [2.05, 4.69) is 13.8 Å². The molecule has 3 nitrogen and oxygen atoms in total. The summed E-state index contributed by atoms with van der Waals surface area (Å²) >= 11 is 0. The van der Waals surface area contributed by atoms with Crippen LogP contribution in [0, 0.1) is 5.92 Å². The molecule has 96 valence electrons. The van der Waals surface area contributed by atoms with Crippen LogP contribution in [0.1, 0.15) is 37.8 Å². The lowest BCUT2D eigenvalue weighted by Gasteiger charge is -2.09. The largest absolute Gasteiger partial charge is 0.481 e. The summed E-state index contributed by atoms with van der Waals surface area (Å²) < 4.78 is 0. The Balaban J connectivity index is 0.00000121. The minimum absolute atomic E-state index is 0.418. The van der Waals surface area contributed by atoms with Gasteiger partial charge in [0.1, 0.15) is 0 Å². The molecule has 2 N–H and O–H groups in total. The van der Waals surface area contributed by atoms with Gasteiger partial charge < -0.3 is 10.2 Å². The van der Waals surface area contributed by atoms with E-state index in [0.29, 0.717) is 5.92 Å². The maximum absolute atomic E-state index is 10.8. The van der Waals surface area contributed by atoms with E-state index in [0.717, 1.165) is 19.1 Å². The van der Waals surface area contributed by atoms with Crippen LogP contribution in [-0.4, -0.2) is 23.3 Å². The summed E-state index contributed by atoms with van der Waals surface area (Å²) in [7, 11) is 1.00. The van der Waals surface area contributed by atoms with Crippen molar-refractivity contribution in [3.8, 4) is 0 Å². The first-order valence-corrected chi connectivity index (χ1v) is 5.77. The van der Waals surface area contributed by atoms with E-state index in [1.807, 2.05) is 24.3 Å². The van der Waals surface area contributed by atoms with Crippen molar-refractivity contribution in [3.63, 3.8) is 0 Å². The van der Waals surface area contributed by atoms with Crippen molar-refractivity contribution in [1.82, 2.24) is 0 Å². The Bertz CT molecular complexity index is 328. The van der Waals surface area contributed by atoms with E-state index in [-0.39, 0.29) is 0 Å². The van der Waals surface area contributed by atoms with Gasteiger partial charge in [0.25, 0.3) is 0 Å². The monoisotopic (exact) mass is 238 g/mol. The highest BCUT2D eigenvalue weighted by molar-refractivity contribution is 5.75. The zero-order valence-corrected chi connectivity index (χ0v) is 11.0. The number of aliphatic hydroxyl groups is 1. The number of rotatable bonds is 4. The topological polar surface area (TPSA) is 57.5 Å². The average molecular weight is 238 g/mol. The highest BCUT2D eigenvalue weighted by Crippen LogP contribution is 2.17. The third-order valence-electron chi connectivity index (χ3n) is 2.49. The van der Waals surface area contributed by atoms with Gasteiger partial charge in [-0.1, -0.05) is 38.1 Å². The van der Waals surface area contributed by atoms with Gasteiger partial charge in [-0.2, -0.15) is 0 Å². The molecule has 0 fully saturated rings. The predicted molar refractivity (Wildman–Crippen MR) is 69.2 cm³/mol. The lowest BCUT2D eigenvalue weighted by atomic mass is 9.97. The van der Waals surface area contributed by atoms with Crippen molar-refractivity contribution in [2.24, 2.45) is 5.92 Å². The Hall–Kier alpha value is -1.35. The molecule has 1 aromatic carbocycles. The van der Waals surface area contributed by atoms with E-state index < -0.39 is 11.9 Å². The van der Waals surface area contributed by atoms with Crippen LogP contribution in [0.2, 0.25) is 0 Å². The lowest BCUT2D eigenvalue weighted by Crippen LogP contribution is -2.07. The fourth-order valence-electron chi connectivity index (χ4n) is 1.56. The van der Waals surface area contributed by atoms with Gasteiger partial charge in [0, 0.05) is 7.11 Å². The molecular weight excluding hydrogens is 216 g/mol. The number of benzene rings is 1. The Morgan fingerprint density at radius 2 is 1.59 bits per heavy atom. The zero-order chi connectivity index (χ0) is 13.4. The average Bonchev–Trinajstić information content (AvgIpc) is 2.31. The van der Waals surface area contributed by atoms with E-state index in [1.165, 1.54) is 5.56 Å². The van der Waals surface area contributed by atoms with Crippen LogP contribution in [0.4, 0.5) is 0 Å². The fourth-order valence-corrected chi connectivity index (χ4v) is 1.56. The second-order valence-electron chi connectivity index (χ2n) is 4.40. The van der Waals surface area contributed by atoms with Gasteiger partial charge in [-0.25, -0.2) is 0 Å². The second kappa shape index (κ2) is 7.85. The SMILES string of the molecule is CC(C)Cc1ccc(C(C)C(=O)O)cc1.CO. The molecule has 3 heteroatoms. The van der Waals surface area contributed by atoms with E-state index in [9.17, 15) is 4.79 Å². The van der Waals surface area contributed by atoms with Gasteiger partial charge in [0.2, 0.25) is 0 Å². The molecule has 1 atom stereocenters. The molecule has 0 saturated heterocycles. The van der Waals surface area contributed by atoms with Crippen LogP contribution < -0.4 is 0 Å². The first-order chi connectivity index (χ1) is 8.00. The van der Waals surface area contributed by atoms with Crippen LogP contribution in [0.5, 0.6) is 0 Å². The molecule has 0 amide bonds. The van der Waals surface area contributed by atoms with Crippen LogP contribution in [0.25, 0.3) is 0 Å². The summed E-state index contributed by atoms with van der Waals surface area (Å²) in [6, 6.07) is 7.87. The first kappa shape index (κ1) is 15.7. The number of hydrogen-bond acceptors (Lipinski definition) is 2. The van der Waals surface area contributed by atoms with Crippen LogP contribution in [0.15, 0.2) is 24.3 Å². The summed E-state index contributed by atoms with van der Waals surface area (Å²) in [5, 5.41) is 15.9. The Morgan fingerprint density at radius 3 is 1.94 bits per heavy atom. The predicted octanol–water partition coefficient (Wildman–Crippen LogP) is 2.68. The van der Waals surface area contributed by atoms with Gasteiger partial charge in [-0.05, 0) is 30.4 Å². The minimum atomic E-state index is -0.772. The number of aliphatic hydroxyl groups excluding tert-OH is 1. The fraction of sp³-hybridized carbons (Fsp3) is 0.500. The number of carboxylic acid groups (broad SMARTS) is 1. The smallest absolute Gasteiger partial charge is 0.310 e. The maximum atomic E-state index is 10.8. The summed E-state index contributed by atoms with van der Waals surface area (Å²) in [5.41, 5.74) is 2.14. The van der Waals surface area contributed by atoms with Gasteiger partial charge in [-0.3, -0.25) is 4.79 Å². The van der Waals surface area contributed by atoms with Crippen molar-refractivity contribution < 1.29 is 15.0 Å². The van der Waals surface area contributed by atoms with Crippen molar-refractivity contribution in [2.45, 2.75) is 33.1 Å². The highest BCUT2D eigenvalue weighted by Gasteiger charge is 2.12. The number of hydrogen-bond donors (Lipinski definition) is 2. The lowest BCUT2D eigenvalue weighted by molar-refractivity contribution is -0.138. The quantitative estimate of drug-likeness (QED) is 0.848. The molecule has 1 aromatic rings. The molecule has 0 aliphatic rings. The molecule has 17 heavy (non-hydrogen) atoms. The summed E-state index contributed by atoms with van der Waals surface area (Å²) in [6.07, 6.45) is 1.04. The summed E-state index contributed by atoms with van der Waals surface area (Å²) in [5.74, 6) is -0.558. The number of carboxylic acids is 1. The molecule has 0 spiro atoms. The van der Waals surface area contributed by atoms with E-state index in [1.54, 1.807) is 6.92 Å². The summed E-state index contributed by atoms with van der Waals surface area (Å²) in [6.45, 7) is 6.06. The standard InChI is InChI=1S/C13H18O2.CH4O/c1-9(2)8-11-4-6-12(7-5-11)10(3)13(14)15;1-2/h4-7,9-10H,8H2,1-3H3,(H,14,15);2H,1H3. The molecule has 0 aliphatic carbocycles. The van der Waals surface area contributed by atoms with Gasteiger partial charge >= 0.3 is 5.97 Å². The molecule has 0 saturated carbocycles. The molecule has 0 heterocycles. The molecular formula is C14H22O3. The van der Waals surface area contributed by atoms with Crippen molar-refractivity contribution in [2.75, 3.05) is 7.11 Å².